The minimum atomic E-state index is -1.58. The van der Waals surface area contributed by atoms with E-state index in [1.807, 2.05) is 0 Å². The van der Waals surface area contributed by atoms with Crippen LogP contribution in [0.5, 0.6) is 0 Å². The first-order valence-electron chi connectivity index (χ1n) is 8.71. The molecule has 0 amide bonds. The molecule has 138 valence electrons. The molecule has 0 aromatic heterocycles. The summed E-state index contributed by atoms with van der Waals surface area (Å²) in [7, 11) is 1.76. The molecule has 2 unspecified atom stereocenters. The van der Waals surface area contributed by atoms with Gasteiger partial charge in [0, 0.05) is 25.0 Å². The minimum Gasteiger partial charge on any atom is -0.383 e. The molecule has 3 nitrogen and oxygen atoms in total. The van der Waals surface area contributed by atoms with Gasteiger partial charge in [0.05, 0.1) is 6.61 Å². The summed E-state index contributed by atoms with van der Waals surface area (Å²) in [5.74, 6) is 3.33. The number of carbonyl (C=O) groups is 1. The zero-order valence-electron chi connectivity index (χ0n) is 16.1. The van der Waals surface area contributed by atoms with Crippen molar-refractivity contribution in [1.82, 2.24) is 4.90 Å². The number of halogens is 1. The molecule has 0 aromatic carbocycles. The SMILES string of the molecule is CCCCN(CCOC)C[C@@H](C)C(C)C(Br)C=P(C)(C)C(C)=O. The second-order valence-electron chi connectivity index (χ2n) is 7.14. The van der Waals surface area contributed by atoms with E-state index < -0.39 is 6.89 Å². The molecule has 0 aliphatic carbocycles. The Morgan fingerprint density at radius 1 is 1.30 bits per heavy atom. The highest BCUT2D eigenvalue weighted by Crippen LogP contribution is 2.40. The number of alkyl halides is 1. The van der Waals surface area contributed by atoms with Crippen LogP contribution in [0.3, 0.4) is 0 Å². The fraction of sp³-hybridized carbons (Fsp3) is 0.889. The van der Waals surface area contributed by atoms with Gasteiger partial charge >= 0.3 is 0 Å². The summed E-state index contributed by atoms with van der Waals surface area (Å²) in [6.07, 6.45) is 2.46. The molecule has 0 aliphatic rings. The molecule has 0 N–H and O–H groups in total. The van der Waals surface area contributed by atoms with Crippen molar-refractivity contribution in [2.45, 2.75) is 45.4 Å². The van der Waals surface area contributed by atoms with Gasteiger partial charge in [-0.25, -0.2) is 0 Å². The second kappa shape index (κ2) is 11.8. The number of hydrogen-bond donors (Lipinski definition) is 0. The van der Waals surface area contributed by atoms with Gasteiger partial charge in [0.15, 0.2) is 0 Å². The standard InChI is InChI=1S/C18H37BrNO2P/c1-8-9-10-20(11-12-22-5)13-15(2)16(3)18(19)14-23(6,7)17(4)21/h14-16,18H,8-13H2,1-7H3/t15-,16?,18?/m1/s1. The van der Waals surface area contributed by atoms with Crippen molar-refractivity contribution >= 4 is 34.1 Å². The quantitative estimate of drug-likeness (QED) is 0.353. The molecule has 0 saturated carbocycles. The molecule has 0 radical (unpaired) electrons. The third kappa shape index (κ3) is 9.43. The Hall–Kier alpha value is 0.370. The van der Waals surface area contributed by atoms with Crippen LogP contribution in [0.2, 0.25) is 0 Å². The third-order valence-corrected chi connectivity index (χ3v) is 8.91. The van der Waals surface area contributed by atoms with E-state index in [0.717, 1.165) is 26.2 Å². The van der Waals surface area contributed by atoms with Crippen molar-refractivity contribution in [3.05, 3.63) is 0 Å². The molecule has 0 aromatic rings. The fourth-order valence-electron chi connectivity index (χ4n) is 2.38. The van der Waals surface area contributed by atoms with E-state index in [-0.39, 0.29) is 0 Å². The maximum absolute atomic E-state index is 11.8. The van der Waals surface area contributed by atoms with Crippen LogP contribution in [0.25, 0.3) is 0 Å². The maximum atomic E-state index is 11.8. The van der Waals surface area contributed by atoms with Gasteiger partial charge in [-0.1, -0.05) is 48.9 Å². The summed E-state index contributed by atoms with van der Waals surface area (Å²) < 4.78 is 5.24. The Bertz CT molecular complexity index is 386. The van der Waals surface area contributed by atoms with Crippen molar-refractivity contribution < 1.29 is 9.53 Å². The van der Waals surface area contributed by atoms with Crippen LogP contribution >= 0.6 is 22.8 Å². The van der Waals surface area contributed by atoms with E-state index >= 15 is 0 Å². The summed E-state index contributed by atoms with van der Waals surface area (Å²) in [4.78, 5) is 14.6. The Labute approximate surface area is 152 Å². The van der Waals surface area contributed by atoms with Gasteiger partial charge in [0.2, 0.25) is 0 Å². The molecule has 0 aliphatic heterocycles. The zero-order valence-corrected chi connectivity index (χ0v) is 18.6. The van der Waals surface area contributed by atoms with Crippen LogP contribution in [0, 0.1) is 11.8 Å². The Morgan fingerprint density at radius 3 is 2.39 bits per heavy atom. The first-order chi connectivity index (χ1) is 10.7. The first-order valence-corrected chi connectivity index (χ1v) is 12.4. The number of hydrogen-bond acceptors (Lipinski definition) is 3. The summed E-state index contributed by atoms with van der Waals surface area (Å²) in [5.41, 5.74) is 0.325. The third-order valence-electron chi connectivity index (χ3n) is 4.71. The zero-order chi connectivity index (χ0) is 18.0. The van der Waals surface area contributed by atoms with Gasteiger partial charge in [-0.15, -0.1) is 0 Å². The van der Waals surface area contributed by atoms with Crippen LogP contribution in [0.4, 0.5) is 0 Å². The van der Waals surface area contributed by atoms with Crippen LogP contribution in [-0.4, -0.2) is 67.7 Å². The monoisotopic (exact) mass is 409 g/mol. The van der Waals surface area contributed by atoms with Crippen LogP contribution in [0.15, 0.2) is 0 Å². The lowest BCUT2D eigenvalue weighted by molar-refractivity contribution is -0.109. The van der Waals surface area contributed by atoms with Crippen molar-refractivity contribution in [3.8, 4) is 0 Å². The summed E-state index contributed by atoms with van der Waals surface area (Å²) in [6, 6.07) is 0. The molecule has 0 saturated heterocycles. The van der Waals surface area contributed by atoms with Crippen LogP contribution in [-0.2, 0) is 9.53 Å². The first kappa shape index (κ1) is 23.4. The summed E-state index contributed by atoms with van der Waals surface area (Å²) in [5, 5.41) is 0. The highest BCUT2D eigenvalue weighted by Gasteiger charge is 2.23. The van der Waals surface area contributed by atoms with Gasteiger partial charge < -0.3 is 9.64 Å². The van der Waals surface area contributed by atoms with E-state index in [4.69, 9.17) is 4.74 Å². The lowest BCUT2D eigenvalue weighted by atomic mass is 9.93. The molecular formula is C18H37BrNO2P. The van der Waals surface area contributed by atoms with E-state index in [9.17, 15) is 4.79 Å². The van der Waals surface area contributed by atoms with E-state index in [2.05, 4.69) is 60.7 Å². The number of rotatable bonds is 12. The smallest absolute Gasteiger partial charge is 0.150 e. The average molecular weight is 410 g/mol. The lowest BCUT2D eigenvalue weighted by Crippen LogP contribution is -2.36. The summed E-state index contributed by atoms with van der Waals surface area (Å²) >= 11 is 3.82. The summed E-state index contributed by atoms with van der Waals surface area (Å²) in [6.45, 7) is 15.2. The minimum absolute atomic E-state index is 0.292. The van der Waals surface area contributed by atoms with Crippen LogP contribution < -0.4 is 0 Å². The molecule has 0 heterocycles. The molecule has 0 bridgehead atoms. The number of unbranched alkanes of at least 4 members (excludes halogenated alkanes) is 1. The molecule has 0 rings (SSSR count). The predicted octanol–water partition coefficient (Wildman–Crippen LogP) is 4.40. The number of ether oxygens (including phenoxy) is 1. The normalized spacial score (nSPS) is 16.2. The van der Waals surface area contributed by atoms with Crippen LogP contribution in [0.1, 0.15) is 40.5 Å². The van der Waals surface area contributed by atoms with Crippen molar-refractivity contribution in [2.75, 3.05) is 46.7 Å². The number of nitrogens with zero attached hydrogens (tertiary/aromatic N) is 1. The number of carbonyl (C=O) groups excluding carboxylic acids is 1. The number of methoxy groups -OCH3 is 1. The highest BCUT2D eigenvalue weighted by molar-refractivity contribution is 9.10. The Kier molecular flexibility index (Phi) is 12.0. The largest absolute Gasteiger partial charge is 0.383 e. The van der Waals surface area contributed by atoms with Gasteiger partial charge in [-0.3, -0.25) is 4.79 Å². The molecule has 5 heteroatoms. The van der Waals surface area contributed by atoms with Crippen molar-refractivity contribution in [2.24, 2.45) is 11.8 Å². The van der Waals surface area contributed by atoms with E-state index in [1.165, 1.54) is 12.8 Å². The highest BCUT2D eigenvalue weighted by atomic mass is 79.9. The topological polar surface area (TPSA) is 29.5 Å². The van der Waals surface area contributed by atoms with Gasteiger partial charge in [0.25, 0.3) is 0 Å². The maximum Gasteiger partial charge on any atom is 0.150 e. The van der Waals surface area contributed by atoms with Gasteiger partial charge in [-0.2, -0.15) is 0 Å². The molecule has 0 spiro atoms. The fourth-order valence-corrected chi connectivity index (χ4v) is 5.87. The lowest BCUT2D eigenvalue weighted by Gasteiger charge is -2.31. The van der Waals surface area contributed by atoms with Gasteiger partial charge in [-0.05, 0) is 51.9 Å². The molecular weight excluding hydrogens is 373 g/mol. The van der Waals surface area contributed by atoms with E-state index in [0.29, 0.717) is 22.2 Å². The second-order valence-corrected chi connectivity index (χ2v) is 12.2. The predicted molar refractivity (Wildman–Crippen MR) is 110 cm³/mol. The Morgan fingerprint density at radius 2 is 1.91 bits per heavy atom. The Balaban J connectivity index is 4.77. The molecule has 3 atom stereocenters. The molecule has 23 heavy (non-hydrogen) atoms. The van der Waals surface area contributed by atoms with Gasteiger partial charge in [0.1, 0.15) is 5.52 Å². The van der Waals surface area contributed by atoms with Crippen molar-refractivity contribution in [1.29, 1.82) is 0 Å². The average Bonchev–Trinajstić information content (AvgIpc) is 2.48. The van der Waals surface area contributed by atoms with E-state index in [1.54, 1.807) is 14.0 Å². The molecule has 0 fully saturated rings. The van der Waals surface area contributed by atoms with Crippen molar-refractivity contribution in [3.63, 3.8) is 0 Å².